The summed E-state index contributed by atoms with van der Waals surface area (Å²) in [7, 11) is 0. The van der Waals surface area contributed by atoms with E-state index in [1.165, 1.54) is 83.1 Å². The normalized spacial score (nSPS) is 15.1. The van der Waals surface area contributed by atoms with Crippen molar-refractivity contribution >= 4 is 22.1 Å². The SMILES string of the molecule is Cc1cc(/C(=C\C(=N/CN)C2=CC=CCC2)c2ccccc2)ccc1-c1c(C)c2c(c3ccccc13)-c1ccccc1C21c2ccccc2-c2ccccc21. The number of hydrogen-bond acceptors (Lipinski definition) is 2. The summed E-state index contributed by atoms with van der Waals surface area (Å²) in [5.74, 6) is 0. The lowest BCUT2D eigenvalue weighted by atomic mass is 9.68. The van der Waals surface area contributed by atoms with Gasteiger partial charge in [0.2, 0.25) is 0 Å². The van der Waals surface area contributed by atoms with Crippen LogP contribution in [-0.2, 0) is 5.41 Å². The van der Waals surface area contributed by atoms with Gasteiger partial charge in [0.1, 0.15) is 0 Å². The highest BCUT2D eigenvalue weighted by Gasteiger charge is 2.53. The molecule has 2 nitrogen and oxygen atoms in total. The maximum absolute atomic E-state index is 6.06. The molecule has 3 aliphatic rings. The standard InChI is InChI=1S/C53H42N2/c1-34-31-38(45(36-17-5-3-6-18-36)32-49(55-33-54)37-19-7-4-8-20-37)29-30-39(34)50-35(2)52-51(43-24-10-9-23-42(43)50)44-25-13-16-28-48(44)53(52)46-26-14-11-21-40(46)41-22-12-15-27-47(41)53/h3-7,9-19,21-32H,8,20,33,54H2,1-2H3/b45-32-,55-49+. The Morgan fingerprint density at radius 2 is 1.24 bits per heavy atom. The van der Waals surface area contributed by atoms with E-state index >= 15 is 0 Å². The molecule has 7 aromatic rings. The van der Waals surface area contributed by atoms with Gasteiger partial charge in [-0.1, -0.05) is 164 Å². The van der Waals surface area contributed by atoms with Crippen molar-refractivity contribution < 1.29 is 0 Å². The first-order chi connectivity index (χ1) is 27.1. The van der Waals surface area contributed by atoms with Crippen molar-refractivity contribution in [2.24, 2.45) is 10.7 Å². The molecular weight excluding hydrogens is 665 g/mol. The van der Waals surface area contributed by atoms with Gasteiger partial charge in [0.25, 0.3) is 0 Å². The Balaban J connectivity index is 1.23. The second kappa shape index (κ2) is 13.2. The van der Waals surface area contributed by atoms with Crippen LogP contribution in [0.2, 0.25) is 0 Å². The number of nitrogens with zero attached hydrogens (tertiary/aromatic N) is 1. The van der Waals surface area contributed by atoms with Crippen LogP contribution in [0.1, 0.15) is 57.3 Å². The monoisotopic (exact) mass is 706 g/mol. The quantitative estimate of drug-likeness (QED) is 0.172. The molecule has 2 N–H and O–H groups in total. The second-order valence-corrected chi connectivity index (χ2v) is 15.0. The van der Waals surface area contributed by atoms with Crippen molar-refractivity contribution in [3.8, 4) is 33.4 Å². The molecule has 1 spiro atoms. The molecule has 0 saturated heterocycles. The van der Waals surface area contributed by atoms with Gasteiger partial charge < -0.3 is 5.73 Å². The lowest BCUT2D eigenvalue weighted by Crippen LogP contribution is -2.27. The summed E-state index contributed by atoms with van der Waals surface area (Å²) in [6.45, 7) is 4.90. The number of aliphatic imine (C=N–C) groups is 1. The number of allylic oxidation sites excluding steroid dienone is 5. The molecule has 7 aromatic carbocycles. The van der Waals surface area contributed by atoms with Gasteiger partial charge in [0.05, 0.1) is 17.8 Å². The Bertz CT molecular complexity index is 2770. The van der Waals surface area contributed by atoms with Crippen molar-refractivity contribution in [3.63, 3.8) is 0 Å². The highest BCUT2D eigenvalue weighted by atomic mass is 14.9. The lowest BCUT2D eigenvalue weighted by Gasteiger charge is -2.33. The van der Waals surface area contributed by atoms with E-state index in [-0.39, 0.29) is 6.67 Å². The number of fused-ring (bicyclic) bond motifs is 12. The largest absolute Gasteiger partial charge is 0.312 e. The molecule has 2 heteroatoms. The van der Waals surface area contributed by atoms with Gasteiger partial charge in [-0.2, -0.15) is 0 Å². The van der Waals surface area contributed by atoms with Crippen molar-refractivity contribution in [2.45, 2.75) is 32.1 Å². The first-order valence-corrected chi connectivity index (χ1v) is 19.5. The smallest absolute Gasteiger partial charge is 0.0866 e. The van der Waals surface area contributed by atoms with E-state index in [0.717, 1.165) is 35.3 Å². The molecule has 0 amide bonds. The number of benzene rings is 7. The fraction of sp³-hybridized carbons (Fsp3) is 0.113. The Hall–Kier alpha value is -6.35. The van der Waals surface area contributed by atoms with Crippen molar-refractivity contribution in [3.05, 3.63) is 220 Å². The van der Waals surface area contributed by atoms with Crippen molar-refractivity contribution in [2.75, 3.05) is 6.67 Å². The van der Waals surface area contributed by atoms with Crippen LogP contribution in [0, 0.1) is 13.8 Å². The predicted octanol–water partition coefficient (Wildman–Crippen LogP) is 12.5. The summed E-state index contributed by atoms with van der Waals surface area (Å²) in [5, 5.41) is 2.59. The summed E-state index contributed by atoms with van der Waals surface area (Å²) in [6.07, 6.45) is 10.7. The average molecular weight is 707 g/mol. The predicted molar refractivity (Wildman–Crippen MR) is 232 cm³/mol. The lowest BCUT2D eigenvalue weighted by molar-refractivity contribution is 0.787. The van der Waals surface area contributed by atoms with Crippen LogP contribution >= 0.6 is 0 Å². The number of hydrogen-bond donors (Lipinski definition) is 1. The molecule has 0 aromatic heterocycles. The summed E-state index contributed by atoms with van der Waals surface area (Å²) in [5.41, 5.74) is 27.3. The third-order valence-electron chi connectivity index (χ3n) is 12.2. The molecule has 0 saturated carbocycles. The van der Waals surface area contributed by atoms with Gasteiger partial charge in [-0.3, -0.25) is 4.99 Å². The average Bonchev–Trinajstić information content (AvgIpc) is 3.72. The van der Waals surface area contributed by atoms with E-state index in [0.29, 0.717) is 0 Å². The zero-order valence-electron chi connectivity index (χ0n) is 31.3. The molecule has 0 aliphatic heterocycles. The zero-order chi connectivity index (χ0) is 37.1. The zero-order valence-corrected chi connectivity index (χ0v) is 31.3. The van der Waals surface area contributed by atoms with Crippen LogP contribution in [0.15, 0.2) is 180 Å². The van der Waals surface area contributed by atoms with E-state index in [1.807, 2.05) is 0 Å². The highest BCUT2D eigenvalue weighted by Crippen LogP contribution is 2.65. The van der Waals surface area contributed by atoms with Crippen molar-refractivity contribution in [1.82, 2.24) is 0 Å². The molecule has 0 unspecified atom stereocenters. The summed E-state index contributed by atoms with van der Waals surface area (Å²) in [6, 6.07) is 54.1. The summed E-state index contributed by atoms with van der Waals surface area (Å²) >= 11 is 0. The van der Waals surface area contributed by atoms with Gasteiger partial charge in [-0.05, 0) is 133 Å². The van der Waals surface area contributed by atoms with Gasteiger partial charge in [0.15, 0.2) is 0 Å². The van der Waals surface area contributed by atoms with Crippen LogP contribution in [0.25, 0.3) is 49.7 Å². The maximum Gasteiger partial charge on any atom is 0.0866 e. The fourth-order valence-corrected chi connectivity index (χ4v) is 9.97. The molecule has 0 bridgehead atoms. The minimum Gasteiger partial charge on any atom is -0.312 e. The Labute approximate surface area is 323 Å². The molecule has 0 fully saturated rings. The number of nitrogens with two attached hydrogens (primary N) is 1. The molecule has 3 aliphatic carbocycles. The van der Waals surface area contributed by atoms with Crippen LogP contribution < -0.4 is 5.73 Å². The van der Waals surface area contributed by atoms with Crippen LogP contribution in [0.4, 0.5) is 0 Å². The van der Waals surface area contributed by atoms with Gasteiger partial charge in [0, 0.05) is 0 Å². The first-order valence-electron chi connectivity index (χ1n) is 19.5. The van der Waals surface area contributed by atoms with Crippen LogP contribution in [-0.4, -0.2) is 12.4 Å². The molecule has 264 valence electrons. The van der Waals surface area contributed by atoms with Crippen LogP contribution in [0.5, 0.6) is 0 Å². The van der Waals surface area contributed by atoms with E-state index in [9.17, 15) is 0 Å². The van der Waals surface area contributed by atoms with E-state index in [2.05, 4.69) is 184 Å². The third kappa shape index (κ3) is 4.95. The van der Waals surface area contributed by atoms with E-state index in [4.69, 9.17) is 10.7 Å². The van der Waals surface area contributed by atoms with Gasteiger partial charge in [-0.25, -0.2) is 0 Å². The minimum absolute atomic E-state index is 0.248. The van der Waals surface area contributed by atoms with Gasteiger partial charge >= 0.3 is 0 Å². The number of rotatable bonds is 6. The van der Waals surface area contributed by atoms with Crippen LogP contribution in [0.3, 0.4) is 0 Å². The van der Waals surface area contributed by atoms with Gasteiger partial charge in [-0.15, -0.1) is 0 Å². The Morgan fingerprint density at radius 1 is 0.636 bits per heavy atom. The maximum atomic E-state index is 6.06. The fourth-order valence-electron chi connectivity index (χ4n) is 9.97. The third-order valence-corrected chi connectivity index (χ3v) is 12.2. The molecule has 10 rings (SSSR count). The van der Waals surface area contributed by atoms with Crippen molar-refractivity contribution in [1.29, 1.82) is 0 Å². The second-order valence-electron chi connectivity index (χ2n) is 15.0. The molecule has 55 heavy (non-hydrogen) atoms. The Morgan fingerprint density at radius 3 is 1.87 bits per heavy atom. The highest BCUT2D eigenvalue weighted by molar-refractivity contribution is 6.15. The van der Waals surface area contributed by atoms with E-state index < -0.39 is 5.41 Å². The first kappa shape index (κ1) is 33.2. The van der Waals surface area contributed by atoms with E-state index in [1.54, 1.807) is 0 Å². The molecular formula is C53H42N2. The molecule has 0 atom stereocenters. The molecule has 0 heterocycles. The summed E-state index contributed by atoms with van der Waals surface area (Å²) < 4.78 is 0. The molecule has 0 radical (unpaired) electrons. The Kier molecular flexibility index (Phi) is 7.97. The minimum atomic E-state index is -0.416. The number of aryl methyl sites for hydroxylation is 1. The topological polar surface area (TPSA) is 38.4 Å². The summed E-state index contributed by atoms with van der Waals surface area (Å²) in [4.78, 5) is 4.81.